The molecule has 2 heterocycles. The highest BCUT2D eigenvalue weighted by Crippen LogP contribution is 2.27. The highest BCUT2D eigenvalue weighted by Gasteiger charge is 2.10. The summed E-state index contributed by atoms with van der Waals surface area (Å²) < 4.78 is 5.33. The lowest BCUT2D eigenvalue weighted by molar-refractivity contribution is 0.0924. The van der Waals surface area contributed by atoms with Crippen molar-refractivity contribution in [1.82, 2.24) is 10.4 Å². The van der Waals surface area contributed by atoms with Crippen molar-refractivity contribution >= 4 is 23.4 Å². The molecule has 2 aromatic rings. The molecule has 0 unspecified atom stereocenters. The average molecular weight is 264 g/mol. The summed E-state index contributed by atoms with van der Waals surface area (Å²) in [5, 5.41) is 0. The van der Waals surface area contributed by atoms with Crippen molar-refractivity contribution in [2.45, 2.75) is 10.6 Å². The fraction of sp³-hybridized carbons (Fsp3) is 0.0909. The van der Waals surface area contributed by atoms with Gasteiger partial charge in [0, 0.05) is 11.1 Å². The predicted molar refractivity (Wildman–Crippen MR) is 68.6 cm³/mol. The normalized spacial score (nSPS) is 10.3. The Morgan fingerprint density at radius 2 is 2.28 bits per heavy atom. The van der Waals surface area contributed by atoms with E-state index in [9.17, 15) is 4.79 Å². The summed E-state index contributed by atoms with van der Waals surface area (Å²) in [6.07, 6.45) is 3.27. The first kappa shape index (κ1) is 12.5. The van der Waals surface area contributed by atoms with Gasteiger partial charge in [0.15, 0.2) is 5.76 Å². The first-order chi connectivity index (χ1) is 8.70. The van der Waals surface area contributed by atoms with Gasteiger partial charge < -0.3 is 10.2 Å². The fourth-order valence-corrected chi connectivity index (χ4v) is 2.15. The number of furan rings is 1. The zero-order valence-electron chi connectivity index (χ0n) is 9.42. The van der Waals surface area contributed by atoms with Crippen LogP contribution in [0.25, 0.3) is 0 Å². The van der Waals surface area contributed by atoms with Gasteiger partial charge in [0.2, 0.25) is 0 Å². The summed E-state index contributed by atoms with van der Waals surface area (Å²) in [7, 11) is 0. The highest BCUT2D eigenvalue weighted by atomic mass is 32.2. The number of nitrogens with zero attached hydrogens (tertiary/aromatic N) is 1. The van der Waals surface area contributed by atoms with E-state index in [4.69, 9.17) is 16.0 Å². The number of carbonyl (C=O) groups excluding carboxylic acids is 1. The fourth-order valence-electron chi connectivity index (χ4n) is 1.32. The van der Waals surface area contributed by atoms with Crippen LogP contribution in [0.2, 0.25) is 0 Å². The van der Waals surface area contributed by atoms with Crippen LogP contribution in [0.5, 0.6) is 0 Å². The number of nitrogens with two attached hydrogens (primary N) is 2. The highest BCUT2D eigenvalue weighted by molar-refractivity contribution is 7.98. The Kier molecular flexibility index (Phi) is 3.85. The van der Waals surface area contributed by atoms with Crippen LogP contribution in [0.4, 0.5) is 5.69 Å². The topological polar surface area (TPSA) is 107 Å². The molecule has 0 saturated heterocycles. The Bertz CT molecular complexity index is 555. The number of aromatic nitrogens is 1. The molecule has 0 radical (unpaired) electrons. The molecule has 0 spiro atoms. The molecular formula is C11H12N4O2S. The summed E-state index contributed by atoms with van der Waals surface area (Å²) >= 11 is 1.51. The second-order valence-corrected chi connectivity index (χ2v) is 4.46. The molecule has 0 aromatic carbocycles. The van der Waals surface area contributed by atoms with Gasteiger partial charge in [0.25, 0.3) is 0 Å². The monoisotopic (exact) mass is 264 g/mol. The molecule has 0 saturated carbocycles. The van der Waals surface area contributed by atoms with Crippen LogP contribution in [0.1, 0.15) is 16.3 Å². The summed E-state index contributed by atoms with van der Waals surface area (Å²) in [5.74, 6) is 6.00. The predicted octanol–water partition coefficient (Wildman–Crippen LogP) is 1.15. The Balaban J connectivity index is 2.01. The van der Waals surface area contributed by atoms with Gasteiger partial charge in [-0.25, -0.2) is 5.84 Å². The van der Waals surface area contributed by atoms with Crippen LogP contribution >= 0.6 is 11.8 Å². The number of hydrazine groups is 1. The van der Waals surface area contributed by atoms with Crippen molar-refractivity contribution in [1.29, 1.82) is 0 Å². The van der Waals surface area contributed by atoms with Gasteiger partial charge in [-0.2, -0.15) is 0 Å². The SMILES string of the molecule is NNC(=O)c1ccc(CSc2ccncc2N)o1. The molecule has 2 rings (SSSR count). The Morgan fingerprint density at radius 1 is 1.44 bits per heavy atom. The van der Waals surface area contributed by atoms with E-state index in [1.165, 1.54) is 11.8 Å². The van der Waals surface area contributed by atoms with E-state index in [1.54, 1.807) is 24.5 Å². The summed E-state index contributed by atoms with van der Waals surface area (Å²) in [6, 6.07) is 5.14. The zero-order chi connectivity index (χ0) is 13.0. The van der Waals surface area contributed by atoms with E-state index in [0.717, 1.165) is 4.90 Å². The van der Waals surface area contributed by atoms with E-state index in [2.05, 4.69) is 4.98 Å². The number of thioether (sulfide) groups is 1. The minimum absolute atomic E-state index is 0.191. The first-order valence-electron chi connectivity index (χ1n) is 5.12. The van der Waals surface area contributed by atoms with E-state index in [-0.39, 0.29) is 5.76 Å². The lowest BCUT2D eigenvalue weighted by Gasteiger charge is -2.02. The van der Waals surface area contributed by atoms with E-state index >= 15 is 0 Å². The number of anilines is 1. The molecule has 0 aliphatic rings. The van der Waals surface area contributed by atoms with Crippen LogP contribution < -0.4 is 17.0 Å². The van der Waals surface area contributed by atoms with Crippen molar-refractivity contribution < 1.29 is 9.21 Å². The third-order valence-corrected chi connectivity index (χ3v) is 3.31. The van der Waals surface area contributed by atoms with Gasteiger partial charge in [-0.1, -0.05) is 0 Å². The van der Waals surface area contributed by atoms with Crippen LogP contribution in [0.3, 0.4) is 0 Å². The maximum Gasteiger partial charge on any atom is 0.300 e. The largest absolute Gasteiger partial charge is 0.455 e. The molecule has 0 bridgehead atoms. The second kappa shape index (κ2) is 5.56. The lowest BCUT2D eigenvalue weighted by atomic mass is 10.4. The van der Waals surface area contributed by atoms with E-state index in [0.29, 0.717) is 17.2 Å². The van der Waals surface area contributed by atoms with Crippen molar-refractivity contribution in [3.05, 3.63) is 42.1 Å². The van der Waals surface area contributed by atoms with Crippen LogP contribution in [-0.2, 0) is 5.75 Å². The maximum atomic E-state index is 11.2. The number of hydrogen-bond donors (Lipinski definition) is 3. The van der Waals surface area contributed by atoms with Crippen LogP contribution in [0.15, 0.2) is 39.9 Å². The molecule has 18 heavy (non-hydrogen) atoms. The standard InChI is InChI=1S/C11H12N4O2S/c12-8-5-14-4-3-10(8)18-6-7-1-2-9(17-7)11(16)15-13/h1-5H,6,12-13H2,(H,15,16). The molecule has 6 nitrogen and oxygen atoms in total. The number of nitrogen functional groups attached to an aromatic ring is 2. The van der Waals surface area contributed by atoms with Gasteiger partial charge in [-0.3, -0.25) is 15.2 Å². The quantitative estimate of drug-likeness (QED) is 0.331. The Morgan fingerprint density at radius 3 is 3.00 bits per heavy atom. The number of nitrogens with one attached hydrogen (secondary N) is 1. The molecule has 0 aliphatic carbocycles. The van der Waals surface area contributed by atoms with Gasteiger partial charge in [0.05, 0.1) is 17.6 Å². The van der Waals surface area contributed by atoms with Crippen molar-refractivity contribution in [2.24, 2.45) is 5.84 Å². The number of amides is 1. The van der Waals surface area contributed by atoms with E-state index < -0.39 is 5.91 Å². The molecule has 94 valence electrons. The first-order valence-corrected chi connectivity index (χ1v) is 6.11. The van der Waals surface area contributed by atoms with Crippen molar-refractivity contribution in [3.8, 4) is 0 Å². The minimum atomic E-state index is -0.449. The molecular weight excluding hydrogens is 252 g/mol. The van der Waals surface area contributed by atoms with Crippen molar-refractivity contribution in [2.75, 3.05) is 5.73 Å². The third kappa shape index (κ3) is 2.82. The van der Waals surface area contributed by atoms with Crippen LogP contribution in [0, 0.1) is 0 Å². The smallest absolute Gasteiger partial charge is 0.300 e. The molecule has 1 amide bonds. The Hall–Kier alpha value is -1.99. The number of carbonyl (C=O) groups is 1. The Labute approximate surface area is 108 Å². The molecule has 0 atom stereocenters. The maximum absolute atomic E-state index is 11.2. The molecule has 7 heteroatoms. The summed E-state index contributed by atoms with van der Waals surface area (Å²) in [4.78, 5) is 16.0. The van der Waals surface area contributed by atoms with Gasteiger partial charge >= 0.3 is 5.91 Å². The molecule has 5 N–H and O–H groups in total. The molecule has 0 aliphatic heterocycles. The molecule has 2 aromatic heterocycles. The summed E-state index contributed by atoms with van der Waals surface area (Å²) in [5.41, 5.74) is 8.39. The second-order valence-electron chi connectivity index (χ2n) is 3.44. The number of rotatable bonds is 4. The zero-order valence-corrected chi connectivity index (χ0v) is 10.2. The van der Waals surface area contributed by atoms with Gasteiger partial charge in [-0.15, -0.1) is 11.8 Å². The number of hydrogen-bond acceptors (Lipinski definition) is 6. The van der Waals surface area contributed by atoms with Crippen LogP contribution in [-0.4, -0.2) is 10.9 Å². The van der Waals surface area contributed by atoms with E-state index in [1.807, 2.05) is 11.5 Å². The summed E-state index contributed by atoms with van der Waals surface area (Å²) in [6.45, 7) is 0. The number of pyridine rings is 1. The lowest BCUT2D eigenvalue weighted by Crippen LogP contribution is -2.29. The average Bonchev–Trinajstić information content (AvgIpc) is 2.86. The third-order valence-electron chi connectivity index (χ3n) is 2.20. The van der Waals surface area contributed by atoms with Gasteiger partial charge in [0.1, 0.15) is 5.76 Å². The molecule has 0 fully saturated rings. The van der Waals surface area contributed by atoms with Crippen molar-refractivity contribution in [3.63, 3.8) is 0 Å². The van der Waals surface area contributed by atoms with Gasteiger partial charge in [-0.05, 0) is 18.2 Å². The minimum Gasteiger partial charge on any atom is -0.455 e.